The molecule has 0 aliphatic carbocycles. The number of piperazine rings is 1. The molecule has 6 nitrogen and oxygen atoms in total. The topological polar surface area (TPSA) is 48.4 Å². The maximum Gasteiger partial charge on any atom is 0.228 e. The zero-order chi connectivity index (χ0) is 24.7. The summed E-state index contributed by atoms with van der Waals surface area (Å²) in [5, 5.41) is 0.742. The Morgan fingerprint density at radius 3 is 2.37 bits per heavy atom. The fourth-order valence-electron chi connectivity index (χ4n) is 5.18. The first kappa shape index (κ1) is 24.1. The highest BCUT2D eigenvalue weighted by Crippen LogP contribution is 2.34. The van der Waals surface area contributed by atoms with Gasteiger partial charge < -0.3 is 14.7 Å². The Morgan fingerprint density at radius 1 is 0.914 bits per heavy atom. The van der Waals surface area contributed by atoms with Gasteiger partial charge >= 0.3 is 0 Å². The molecule has 184 valence electrons. The molecule has 2 aromatic heterocycles. The van der Waals surface area contributed by atoms with Crippen molar-refractivity contribution >= 4 is 40.8 Å². The van der Waals surface area contributed by atoms with Crippen LogP contribution in [0, 0.1) is 5.82 Å². The zero-order valence-electron chi connectivity index (χ0n) is 20.1. The van der Waals surface area contributed by atoms with E-state index < -0.39 is 5.82 Å². The van der Waals surface area contributed by atoms with E-state index in [9.17, 15) is 4.39 Å². The standard InChI is InChI=1S/C26H29Cl2FN6/c1-16-6-7-17(2)35(16)26-31-23(19-8-9-22(29)21(28)13-19)14-24(32-26)34-12-11-33(15-18(34)3)25-20(27)5-4-10-30-25/h4-5,8-10,13-14,16-18H,6-7,11-12,15H2,1-3H3/t16?,17?,18-/m1/s1. The Hall–Kier alpha value is -2.64. The Bertz CT molecular complexity index is 1210. The van der Waals surface area contributed by atoms with Crippen LogP contribution in [0.5, 0.6) is 0 Å². The minimum absolute atomic E-state index is 0.0846. The number of anilines is 3. The van der Waals surface area contributed by atoms with Gasteiger partial charge in [-0.25, -0.2) is 14.4 Å². The highest BCUT2D eigenvalue weighted by Gasteiger charge is 2.32. The monoisotopic (exact) mass is 514 g/mol. The Balaban J connectivity index is 1.51. The SMILES string of the molecule is CC1CCC(C)N1c1nc(-c2ccc(F)c(Cl)c2)cc(N2CCN(c3ncccc3Cl)C[C@H]2C)n1. The Labute approximate surface area is 215 Å². The van der Waals surface area contributed by atoms with Crippen LogP contribution in [0.4, 0.5) is 22.0 Å². The average molecular weight is 515 g/mol. The predicted octanol–water partition coefficient (Wildman–Crippen LogP) is 6.08. The zero-order valence-corrected chi connectivity index (χ0v) is 21.6. The van der Waals surface area contributed by atoms with E-state index >= 15 is 0 Å². The molecule has 2 saturated heterocycles. The van der Waals surface area contributed by atoms with Crippen molar-refractivity contribution in [3.8, 4) is 11.3 Å². The number of nitrogens with zero attached hydrogens (tertiary/aromatic N) is 6. The van der Waals surface area contributed by atoms with E-state index in [0.29, 0.717) is 23.1 Å². The molecule has 0 amide bonds. The van der Waals surface area contributed by atoms with E-state index in [1.165, 1.54) is 6.07 Å². The molecular formula is C26H29Cl2FN6. The lowest BCUT2D eigenvalue weighted by Crippen LogP contribution is -2.53. The van der Waals surface area contributed by atoms with Crippen molar-refractivity contribution < 1.29 is 4.39 Å². The molecule has 0 saturated carbocycles. The van der Waals surface area contributed by atoms with Gasteiger partial charge in [-0.2, -0.15) is 4.98 Å². The first-order valence-corrected chi connectivity index (χ1v) is 12.8. The van der Waals surface area contributed by atoms with E-state index in [0.717, 1.165) is 55.4 Å². The molecule has 0 spiro atoms. The van der Waals surface area contributed by atoms with Gasteiger partial charge in [0, 0.05) is 55.6 Å². The van der Waals surface area contributed by atoms with Gasteiger partial charge in [0.05, 0.1) is 15.7 Å². The molecule has 3 aromatic rings. The summed E-state index contributed by atoms with van der Waals surface area (Å²) in [5.74, 6) is 1.93. The van der Waals surface area contributed by atoms with Crippen LogP contribution >= 0.6 is 23.2 Å². The highest BCUT2D eigenvalue weighted by molar-refractivity contribution is 6.33. The molecule has 9 heteroatoms. The third kappa shape index (κ3) is 4.76. The maximum absolute atomic E-state index is 13.9. The molecule has 0 N–H and O–H groups in total. The lowest BCUT2D eigenvalue weighted by molar-refractivity contribution is 0.541. The van der Waals surface area contributed by atoms with Crippen LogP contribution in [-0.4, -0.2) is 52.7 Å². The molecule has 2 fully saturated rings. The lowest BCUT2D eigenvalue weighted by atomic mass is 10.1. The van der Waals surface area contributed by atoms with Crippen LogP contribution in [0.1, 0.15) is 33.6 Å². The minimum atomic E-state index is -0.440. The number of hydrogen-bond donors (Lipinski definition) is 0. The van der Waals surface area contributed by atoms with Crippen molar-refractivity contribution in [3.05, 3.63) is 58.5 Å². The predicted molar refractivity (Wildman–Crippen MR) is 141 cm³/mol. The van der Waals surface area contributed by atoms with Crippen LogP contribution in [0.25, 0.3) is 11.3 Å². The highest BCUT2D eigenvalue weighted by atomic mass is 35.5. The maximum atomic E-state index is 13.9. The van der Waals surface area contributed by atoms with Crippen molar-refractivity contribution in [2.45, 2.75) is 51.7 Å². The minimum Gasteiger partial charge on any atom is -0.352 e. The van der Waals surface area contributed by atoms with E-state index in [2.05, 4.69) is 40.5 Å². The van der Waals surface area contributed by atoms with Gasteiger partial charge in [-0.05, 0) is 63.9 Å². The number of benzene rings is 1. The smallest absolute Gasteiger partial charge is 0.228 e. The first-order chi connectivity index (χ1) is 16.8. The van der Waals surface area contributed by atoms with Crippen molar-refractivity contribution in [1.29, 1.82) is 0 Å². The summed E-state index contributed by atoms with van der Waals surface area (Å²) in [6.45, 7) is 8.91. The molecule has 0 radical (unpaired) electrons. The molecule has 35 heavy (non-hydrogen) atoms. The fraction of sp³-hybridized carbons (Fsp3) is 0.423. The normalized spacial score (nSPS) is 22.7. The number of hydrogen-bond acceptors (Lipinski definition) is 6. The second kappa shape index (κ2) is 9.78. The lowest BCUT2D eigenvalue weighted by Gasteiger charge is -2.41. The van der Waals surface area contributed by atoms with Gasteiger partial charge in [0.1, 0.15) is 17.5 Å². The summed E-state index contributed by atoms with van der Waals surface area (Å²) in [6.07, 6.45) is 3.98. The van der Waals surface area contributed by atoms with E-state index in [1.807, 2.05) is 18.2 Å². The molecular weight excluding hydrogens is 486 g/mol. The number of rotatable bonds is 4. The summed E-state index contributed by atoms with van der Waals surface area (Å²) in [5.41, 5.74) is 1.51. The van der Waals surface area contributed by atoms with Crippen molar-refractivity contribution in [2.75, 3.05) is 34.3 Å². The Morgan fingerprint density at radius 2 is 1.69 bits per heavy atom. The van der Waals surface area contributed by atoms with E-state index in [4.69, 9.17) is 33.2 Å². The number of aromatic nitrogens is 3. The summed E-state index contributed by atoms with van der Waals surface area (Å²) in [4.78, 5) is 21.3. The van der Waals surface area contributed by atoms with Gasteiger partial charge in [-0.15, -0.1) is 0 Å². The first-order valence-electron chi connectivity index (χ1n) is 12.1. The van der Waals surface area contributed by atoms with Gasteiger partial charge in [0.2, 0.25) is 5.95 Å². The fourth-order valence-corrected chi connectivity index (χ4v) is 5.60. The quantitative estimate of drug-likeness (QED) is 0.420. The second-order valence-corrected chi connectivity index (χ2v) is 10.3. The van der Waals surface area contributed by atoms with E-state index in [1.54, 1.807) is 18.3 Å². The number of halogens is 3. The largest absolute Gasteiger partial charge is 0.352 e. The summed E-state index contributed by atoms with van der Waals surface area (Å²) >= 11 is 12.5. The van der Waals surface area contributed by atoms with Crippen LogP contribution in [0.3, 0.4) is 0 Å². The Kier molecular flexibility index (Phi) is 6.73. The van der Waals surface area contributed by atoms with Crippen LogP contribution < -0.4 is 14.7 Å². The summed E-state index contributed by atoms with van der Waals surface area (Å²) < 4.78 is 13.9. The molecule has 1 aromatic carbocycles. The molecule has 2 unspecified atom stereocenters. The molecule has 2 aliphatic heterocycles. The van der Waals surface area contributed by atoms with E-state index in [-0.39, 0.29) is 11.1 Å². The van der Waals surface area contributed by atoms with Crippen LogP contribution in [0.15, 0.2) is 42.6 Å². The molecule has 2 aliphatic rings. The summed E-state index contributed by atoms with van der Waals surface area (Å²) in [7, 11) is 0. The molecule has 5 rings (SSSR count). The van der Waals surface area contributed by atoms with Crippen molar-refractivity contribution in [2.24, 2.45) is 0 Å². The van der Waals surface area contributed by atoms with Gasteiger partial charge in [0.15, 0.2) is 0 Å². The van der Waals surface area contributed by atoms with Crippen LogP contribution in [0.2, 0.25) is 10.0 Å². The molecule has 4 heterocycles. The van der Waals surface area contributed by atoms with Crippen LogP contribution in [-0.2, 0) is 0 Å². The number of pyridine rings is 1. The molecule has 0 bridgehead atoms. The average Bonchev–Trinajstić information content (AvgIpc) is 3.18. The molecule has 3 atom stereocenters. The second-order valence-electron chi connectivity index (χ2n) is 9.52. The third-order valence-corrected chi connectivity index (χ3v) is 7.64. The van der Waals surface area contributed by atoms with Crippen molar-refractivity contribution in [1.82, 2.24) is 15.0 Å². The van der Waals surface area contributed by atoms with Gasteiger partial charge in [-0.3, -0.25) is 0 Å². The summed E-state index contributed by atoms with van der Waals surface area (Å²) in [6, 6.07) is 11.3. The third-order valence-electron chi connectivity index (χ3n) is 7.06. The van der Waals surface area contributed by atoms with Gasteiger partial charge in [0.25, 0.3) is 0 Å². The van der Waals surface area contributed by atoms with Gasteiger partial charge in [-0.1, -0.05) is 23.2 Å². The van der Waals surface area contributed by atoms with Crippen molar-refractivity contribution in [3.63, 3.8) is 0 Å².